The molecule has 1 saturated carbocycles. The molecule has 3 rings (SSSR count). The summed E-state index contributed by atoms with van der Waals surface area (Å²) in [6.07, 6.45) is 7.45. The molecule has 0 radical (unpaired) electrons. The van der Waals surface area contributed by atoms with Gasteiger partial charge in [-0.05, 0) is 42.8 Å². The second-order valence-electron chi connectivity index (χ2n) is 5.36. The second kappa shape index (κ2) is 5.88. The number of nitrogens with one attached hydrogen (secondary N) is 1. The van der Waals surface area contributed by atoms with Gasteiger partial charge in [-0.2, -0.15) is 5.10 Å². The molecule has 0 aliphatic heterocycles. The lowest BCUT2D eigenvalue weighted by Gasteiger charge is -2.09. The number of thiophene rings is 1. The van der Waals surface area contributed by atoms with Crippen LogP contribution in [0.4, 0.5) is 0 Å². The van der Waals surface area contributed by atoms with Crippen LogP contribution in [-0.2, 0) is 13.1 Å². The van der Waals surface area contributed by atoms with E-state index >= 15 is 0 Å². The molecule has 102 valence electrons. The molecule has 0 amide bonds. The minimum atomic E-state index is 0.647. The Morgan fingerprint density at radius 2 is 2.16 bits per heavy atom. The highest BCUT2D eigenvalue weighted by Crippen LogP contribution is 2.28. The average Bonchev–Trinajstić information content (AvgIpc) is 3.11. The zero-order chi connectivity index (χ0) is 13.1. The topological polar surface area (TPSA) is 29.9 Å². The predicted octanol–water partition coefficient (Wildman–Crippen LogP) is 3.66. The summed E-state index contributed by atoms with van der Waals surface area (Å²) in [7, 11) is 0. The molecule has 0 spiro atoms. The number of aromatic nitrogens is 2. The highest BCUT2D eigenvalue weighted by molar-refractivity contribution is 7.10. The van der Waals surface area contributed by atoms with Crippen LogP contribution in [0.15, 0.2) is 23.7 Å². The quantitative estimate of drug-likeness (QED) is 0.902. The lowest BCUT2D eigenvalue weighted by atomic mass is 10.3. The fourth-order valence-corrected chi connectivity index (χ4v) is 3.61. The SMILES string of the molecule is Cc1ccsc1CNCc1ccn(C2CCCC2)n1. The molecule has 0 atom stereocenters. The summed E-state index contributed by atoms with van der Waals surface area (Å²) in [5.41, 5.74) is 2.54. The maximum atomic E-state index is 4.69. The molecule has 0 aromatic carbocycles. The Morgan fingerprint density at radius 1 is 1.32 bits per heavy atom. The Balaban J connectivity index is 1.51. The third-order valence-corrected chi connectivity index (χ3v) is 4.95. The van der Waals surface area contributed by atoms with Gasteiger partial charge >= 0.3 is 0 Å². The number of aryl methyl sites for hydroxylation is 1. The van der Waals surface area contributed by atoms with Crippen LogP contribution in [0.2, 0.25) is 0 Å². The summed E-state index contributed by atoms with van der Waals surface area (Å²) < 4.78 is 2.17. The van der Waals surface area contributed by atoms with E-state index in [4.69, 9.17) is 5.10 Å². The highest BCUT2D eigenvalue weighted by atomic mass is 32.1. The van der Waals surface area contributed by atoms with E-state index in [2.05, 4.69) is 40.6 Å². The van der Waals surface area contributed by atoms with Crippen molar-refractivity contribution in [2.75, 3.05) is 0 Å². The van der Waals surface area contributed by atoms with Gasteiger partial charge in [-0.1, -0.05) is 12.8 Å². The summed E-state index contributed by atoms with van der Waals surface area (Å²) in [6.45, 7) is 3.97. The van der Waals surface area contributed by atoms with Gasteiger partial charge < -0.3 is 5.32 Å². The van der Waals surface area contributed by atoms with E-state index in [1.807, 2.05) is 11.3 Å². The van der Waals surface area contributed by atoms with Crippen LogP contribution in [0.5, 0.6) is 0 Å². The van der Waals surface area contributed by atoms with Gasteiger partial charge in [0.05, 0.1) is 11.7 Å². The van der Waals surface area contributed by atoms with Crippen LogP contribution in [0.1, 0.15) is 47.9 Å². The van der Waals surface area contributed by atoms with E-state index in [9.17, 15) is 0 Å². The van der Waals surface area contributed by atoms with Crippen molar-refractivity contribution < 1.29 is 0 Å². The number of hydrogen-bond donors (Lipinski definition) is 1. The van der Waals surface area contributed by atoms with Crippen LogP contribution in [0.3, 0.4) is 0 Å². The van der Waals surface area contributed by atoms with Crippen LogP contribution < -0.4 is 5.32 Å². The number of hydrogen-bond acceptors (Lipinski definition) is 3. The maximum Gasteiger partial charge on any atom is 0.0762 e. The van der Waals surface area contributed by atoms with Gasteiger partial charge in [0, 0.05) is 24.2 Å². The Kier molecular flexibility index (Phi) is 3.99. The van der Waals surface area contributed by atoms with Crippen molar-refractivity contribution in [1.29, 1.82) is 0 Å². The van der Waals surface area contributed by atoms with Crippen molar-refractivity contribution in [3.63, 3.8) is 0 Å². The van der Waals surface area contributed by atoms with E-state index in [0.29, 0.717) is 6.04 Å². The van der Waals surface area contributed by atoms with Crippen molar-refractivity contribution in [3.8, 4) is 0 Å². The smallest absolute Gasteiger partial charge is 0.0762 e. The van der Waals surface area contributed by atoms with Gasteiger partial charge in [0.25, 0.3) is 0 Å². The zero-order valence-corrected chi connectivity index (χ0v) is 12.2. The zero-order valence-electron chi connectivity index (χ0n) is 11.4. The Morgan fingerprint density at radius 3 is 2.89 bits per heavy atom. The van der Waals surface area contributed by atoms with E-state index in [1.165, 1.54) is 36.1 Å². The fourth-order valence-electron chi connectivity index (χ4n) is 2.73. The van der Waals surface area contributed by atoms with E-state index in [0.717, 1.165) is 18.8 Å². The molecule has 0 saturated heterocycles. The summed E-state index contributed by atoms with van der Waals surface area (Å²) in [6, 6.07) is 4.97. The lowest BCUT2D eigenvalue weighted by molar-refractivity contribution is 0.461. The molecule has 1 N–H and O–H groups in total. The Labute approximate surface area is 118 Å². The van der Waals surface area contributed by atoms with Crippen LogP contribution in [0, 0.1) is 6.92 Å². The van der Waals surface area contributed by atoms with Gasteiger partial charge in [0.1, 0.15) is 0 Å². The minimum absolute atomic E-state index is 0.647. The number of rotatable bonds is 5. The Bertz CT molecular complexity index is 523. The van der Waals surface area contributed by atoms with E-state index in [-0.39, 0.29) is 0 Å². The van der Waals surface area contributed by atoms with Crippen LogP contribution in [0.25, 0.3) is 0 Å². The maximum absolute atomic E-state index is 4.69. The first-order valence-electron chi connectivity index (χ1n) is 7.10. The first-order chi connectivity index (χ1) is 9.33. The normalized spacial score (nSPS) is 16.3. The molecule has 3 nitrogen and oxygen atoms in total. The molecule has 0 unspecified atom stereocenters. The Hall–Kier alpha value is -1.13. The molecule has 0 bridgehead atoms. The second-order valence-corrected chi connectivity index (χ2v) is 6.36. The van der Waals surface area contributed by atoms with Crippen molar-refractivity contribution in [3.05, 3.63) is 39.8 Å². The third-order valence-electron chi connectivity index (χ3n) is 3.92. The standard InChI is InChI=1S/C15H21N3S/c1-12-7-9-19-15(12)11-16-10-13-6-8-18(17-13)14-4-2-3-5-14/h6-9,14,16H,2-5,10-11H2,1H3. The third kappa shape index (κ3) is 3.07. The molecular formula is C15H21N3S. The van der Waals surface area contributed by atoms with E-state index < -0.39 is 0 Å². The molecule has 1 aliphatic rings. The summed E-state index contributed by atoms with van der Waals surface area (Å²) >= 11 is 1.82. The summed E-state index contributed by atoms with van der Waals surface area (Å²) in [5.74, 6) is 0. The summed E-state index contributed by atoms with van der Waals surface area (Å²) in [4.78, 5) is 1.43. The lowest BCUT2D eigenvalue weighted by Crippen LogP contribution is -2.13. The first-order valence-corrected chi connectivity index (χ1v) is 7.98. The van der Waals surface area contributed by atoms with Crippen LogP contribution in [-0.4, -0.2) is 9.78 Å². The van der Waals surface area contributed by atoms with Crippen molar-refractivity contribution in [2.24, 2.45) is 0 Å². The van der Waals surface area contributed by atoms with Gasteiger partial charge in [0.15, 0.2) is 0 Å². The molecule has 2 heterocycles. The van der Waals surface area contributed by atoms with E-state index in [1.54, 1.807) is 0 Å². The molecule has 2 aromatic heterocycles. The van der Waals surface area contributed by atoms with Gasteiger partial charge in [0.2, 0.25) is 0 Å². The molecule has 4 heteroatoms. The average molecular weight is 275 g/mol. The van der Waals surface area contributed by atoms with Gasteiger partial charge in [-0.25, -0.2) is 0 Å². The molecule has 1 fully saturated rings. The van der Waals surface area contributed by atoms with Gasteiger partial charge in [-0.3, -0.25) is 4.68 Å². The van der Waals surface area contributed by atoms with Crippen molar-refractivity contribution >= 4 is 11.3 Å². The first kappa shape index (κ1) is 12.9. The fraction of sp³-hybridized carbons (Fsp3) is 0.533. The molecule has 2 aromatic rings. The van der Waals surface area contributed by atoms with Gasteiger partial charge in [-0.15, -0.1) is 11.3 Å². The molecule has 19 heavy (non-hydrogen) atoms. The van der Waals surface area contributed by atoms with Crippen molar-refractivity contribution in [2.45, 2.75) is 51.7 Å². The molecular weight excluding hydrogens is 254 g/mol. The monoisotopic (exact) mass is 275 g/mol. The van der Waals surface area contributed by atoms with Crippen molar-refractivity contribution in [1.82, 2.24) is 15.1 Å². The minimum Gasteiger partial charge on any atom is -0.306 e. The highest BCUT2D eigenvalue weighted by Gasteiger charge is 2.17. The molecule has 1 aliphatic carbocycles. The summed E-state index contributed by atoms with van der Waals surface area (Å²) in [5, 5.41) is 10.3. The predicted molar refractivity (Wildman–Crippen MR) is 79.3 cm³/mol. The number of nitrogens with zero attached hydrogens (tertiary/aromatic N) is 2. The van der Waals surface area contributed by atoms with Crippen LogP contribution >= 0.6 is 11.3 Å². The largest absolute Gasteiger partial charge is 0.306 e.